The second kappa shape index (κ2) is 7.78. The molecule has 2 aromatic rings. The maximum atomic E-state index is 12.0. The zero-order valence-electron chi connectivity index (χ0n) is 12.4. The number of hydrogen-bond acceptors (Lipinski definition) is 2. The van der Waals surface area contributed by atoms with Crippen molar-refractivity contribution in [3.8, 4) is 0 Å². The topological polar surface area (TPSA) is 58.2 Å². The standard InChI is InChI=1S/C18H18N2O2/c1-14(18(22)20-16-10-6-3-7-11-16)12-13-17(21)19-15-8-4-2-5-9-15/h2-12H,13H2,1H3,(H,19,21)(H,20,22)/b14-12+. The first kappa shape index (κ1) is 15.5. The molecule has 2 rings (SSSR count). The Labute approximate surface area is 129 Å². The minimum Gasteiger partial charge on any atom is -0.326 e. The van der Waals surface area contributed by atoms with E-state index in [2.05, 4.69) is 10.6 Å². The number of nitrogens with one attached hydrogen (secondary N) is 2. The Hall–Kier alpha value is -2.88. The van der Waals surface area contributed by atoms with Crippen molar-refractivity contribution in [1.29, 1.82) is 0 Å². The Bertz CT molecular complexity index is 664. The van der Waals surface area contributed by atoms with Crippen LogP contribution in [0.1, 0.15) is 13.3 Å². The molecule has 0 aliphatic carbocycles. The van der Waals surface area contributed by atoms with Crippen LogP contribution in [-0.4, -0.2) is 11.8 Å². The minimum atomic E-state index is -0.210. The number of amides is 2. The summed E-state index contributed by atoms with van der Waals surface area (Å²) in [7, 11) is 0. The van der Waals surface area contributed by atoms with E-state index in [-0.39, 0.29) is 18.2 Å². The molecule has 2 N–H and O–H groups in total. The molecule has 0 saturated carbocycles. The molecule has 0 radical (unpaired) electrons. The van der Waals surface area contributed by atoms with Gasteiger partial charge in [0.15, 0.2) is 0 Å². The van der Waals surface area contributed by atoms with Crippen LogP contribution >= 0.6 is 0 Å². The van der Waals surface area contributed by atoms with E-state index in [1.165, 1.54) is 0 Å². The van der Waals surface area contributed by atoms with Gasteiger partial charge in [0.2, 0.25) is 5.91 Å². The Morgan fingerprint density at radius 2 is 1.36 bits per heavy atom. The zero-order valence-corrected chi connectivity index (χ0v) is 12.4. The molecule has 2 amide bonds. The van der Waals surface area contributed by atoms with Crippen LogP contribution in [0.15, 0.2) is 72.3 Å². The summed E-state index contributed by atoms with van der Waals surface area (Å²) in [4.78, 5) is 23.8. The molecule has 2 aromatic carbocycles. The number of carbonyl (C=O) groups is 2. The summed E-state index contributed by atoms with van der Waals surface area (Å²) in [6, 6.07) is 18.4. The summed E-state index contributed by atoms with van der Waals surface area (Å²) >= 11 is 0. The van der Waals surface area contributed by atoms with Crippen molar-refractivity contribution >= 4 is 23.2 Å². The lowest BCUT2D eigenvalue weighted by Crippen LogP contribution is -2.14. The Kier molecular flexibility index (Phi) is 5.49. The van der Waals surface area contributed by atoms with Gasteiger partial charge in [0, 0.05) is 23.4 Å². The molecule has 0 saturated heterocycles. The second-order valence-corrected chi connectivity index (χ2v) is 4.83. The Balaban J connectivity index is 1.86. The van der Waals surface area contributed by atoms with Crippen LogP contribution in [0.4, 0.5) is 11.4 Å². The molecule has 0 aromatic heterocycles. The van der Waals surface area contributed by atoms with Gasteiger partial charge in [0.1, 0.15) is 0 Å². The van der Waals surface area contributed by atoms with Gasteiger partial charge < -0.3 is 10.6 Å². The molecule has 0 fully saturated rings. The largest absolute Gasteiger partial charge is 0.326 e. The first-order valence-corrected chi connectivity index (χ1v) is 7.03. The van der Waals surface area contributed by atoms with E-state index in [9.17, 15) is 9.59 Å². The van der Waals surface area contributed by atoms with Gasteiger partial charge in [-0.15, -0.1) is 0 Å². The predicted octanol–water partition coefficient (Wildman–Crippen LogP) is 3.60. The molecule has 0 aliphatic rings. The SMILES string of the molecule is C/C(=C\CC(=O)Nc1ccccc1)C(=O)Nc1ccccc1. The van der Waals surface area contributed by atoms with Gasteiger partial charge in [-0.25, -0.2) is 0 Å². The highest BCUT2D eigenvalue weighted by molar-refractivity contribution is 6.04. The maximum absolute atomic E-state index is 12.0. The van der Waals surface area contributed by atoms with E-state index in [0.717, 1.165) is 11.4 Å². The van der Waals surface area contributed by atoms with E-state index in [0.29, 0.717) is 5.57 Å². The van der Waals surface area contributed by atoms with Crippen molar-refractivity contribution in [1.82, 2.24) is 0 Å². The summed E-state index contributed by atoms with van der Waals surface area (Å²) in [5.74, 6) is -0.364. The highest BCUT2D eigenvalue weighted by atomic mass is 16.2. The van der Waals surface area contributed by atoms with Crippen molar-refractivity contribution in [2.75, 3.05) is 10.6 Å². The molecule has 22 heavy (non-hydrogen) atoms. The zero-order chi connectivity index (χ0) is 15.8. The van der Waals surface area contributed by atoms with E-state index >= 15 is 0 Å². The summed E-state index contributed by atoms with van der Waals surface area (Å²) < 4.78 is 0. The fraction of sp³-hybridized carbons (Fsp3) is 0.111. The summed E-state index contributed by atoms with van der Waals surface area (Å²) in [6.07, 6.45) is 1.78. The summed E-state index contributed by atoms with van der Waals surface area (Å²) in [6.45, 7) is 1.69. The third-order valence-electron chi connectivity index (χ3n) is 3.04. The average Bonchev–Trinajstić information content (AvgIpc) is 2.54. The third-order valence-corrected chi connectivity index (χ3v) is 3.04. The van der Waals surface area contributed by atoms with Crippen LogP contribution in [0.3, 0.4) is 0 Å². The fourth-order valence-electron chi connectivity index (χ4n) is 1.82. The second-order valence-electron chi connectivity index (χ2n) is 4.83. The Morgan fingerprint density at radius 3 is 1.91 bits per heavy atom. The molecule has 0 atom stereocenters. The van der Waals surface area contributed by atoms with Gasteiger partial charge in [0.25, 0.3) is 5.91 Å². The number of rotatable bonds is 5. The summed E-state index contributed by atoms with van der Waals surface area (Å²) in [5, 5.41) is 5.55. The van der Waals surface area contributed by atoms with Crippen molar-refractivity contribution in [3.05, 3.63) is 72.3 Å². The van der Waals surface area contributed by atoms with Crippen molar-refractivity contribution in [2.45, 2.75) is 13.3 Å². The lowest BCUT2D eigenvalue weighted by Gasteiger charge is -2.06. The molecule has 0 unspecified atom stereocenters. The third kappa shape index (κ3) is 4.90. The first-order valence-electron chi connectivity index (χ1n) is 7.03. The van der Waals surface area contributed by atoms with E-state index < -0.39 is 0 Å². The van der Waals surface area contributed by atoms with Crippen LogP contribution in [-0.2, 0) is 9.59 Å². The molecule has 4 heteroatoms. The van der Waals surface area contributed by atoms with Crippen LogP contribution in [0.5, 0.6) is 0 Å². The van der Waals surface area contributed by atoms with Gasteiger partial charge in [-0.2, -0.15) is 0 Å². The summed E-state index contributed by atoms with van der Waals surface area (Å²) in [5.41, 5.74) is 1.98. The van der Waals surface area contributed by atoms with Gasteiger partial charge in [-0.1, -0.05) is 42.5 Å². The van der Waals surface area contributed by atoms with Gasteiger partial charge in [-0.3, -0.25) is 9.59 Å². The normalized spacial score (nSPS) is 10.9. The number of para-hydroxylation sites is 2. The van der Waals surface area contributed by atoms with Crippen molar-refractivity contribution < 1.29 is 9.59 Å². The molecule has 0 bridgehead atoms. The lowest BCUT2D eigenvalue weighted by atomic mass is 10.2. The quantitative estimate of drug-likeness (QED) is 0.828. The Morgan fingerprint density at radius 1 is 0.864 bits per heavy atom. The average molecular weight is 294 g/mol. The first-order chi connectivity index (χ1) is 10.6. The van der Waals surface area contributed by atoms with Crippen LogP contribution in [0.25, 0.3) is 0 Å². The highest BCUT2D eigenvalue weighted by Crippen LogP contribution is 2.09. The fourth-order valence-corrected chi connectivity index (χ4v) is 1.82. The molecular formula is C18H18N2O2. The highest BCUT2D eigenvalue weighted by Gasteiger charge is 2.06. The monoisotopic (exact) mass is 294 g/mol. The number of carbonyl (C=O) groups excluding carboxylic acids is 2. The van der Waals surface area contributed by atoms with Crippen LogP contribution in [0.2, 0.25) is 0 Å². The number of anilines is 2. The van der Waals surface area contributed by atoms with E-state index in [1.807, 2.05) is 60.7 Å². The van der Waals surface area contributed by atoms with Gasteiger partial charge >= 0.3 is 0 Å². The van der Waals surface area contributed by atoms with Crippen LogP contribution < -0.4 is 10.6 Å². The minimum absolute atomic E-state index is 0.155. The van der Waals surface area contributed by atoms with Crippen molar-refractivity contribution in [3.63, 3.8) is 0 Å². The number of hydrogen-bond donors (Lipinski definition) is 2. The van der Waals surface area contributed by atoms with Crippen LogP contribution in [0, 0.1) is 0 Å². The smallest absolute Gasteiger partial charge is 0.250 e. The van der Waals surface area contributed by atoms with Gasteiger partial charge in [0.05, 0.1) is 0 Å². The van der Waals surface area contributed by atoms with E-state index in [1.54, 1.807) is 13.0 Å². The van der Waals surface area contributed by atoms with E-state index in [4.69, 9.17) is 0 Å². The maximum Gasteiger partial charge on any atom is 0.250 e. The van der Waals surface area contributed by atoms with Gasteiger partial charge in [-0.05, 0) is 31.2 Å². The lowest BCUT2D eigenvalue weighted by molar-refractivity contribution is -0.115. The molecule has 0 aliphatic heterocycles. The molecule has 0 spiro atoms. The molecule has 4 nitrogen and oxygen atoms in total. The molecule has 0 heterocycles. The molecule has 112 valence electrons. The number of benzene rings is 2. The predicted molar refractivity (Wildman–Crippen MR) is 88.5 cm³/mol. The molecular weight excluding hydrogens is 276 g/mol. The van der Waals surface area contributed by atoms with Crippen molar-refractivity contribution in [2.24, 2.45) is 0 Å².